The van der Waals surface area contributed by atoms with Crippen LogP contribution in [0.15, 0.2) is 18.2 Å². The van der Waals surface area contributed by atoms with E-state index >= 15 is 0 Å². The van der Waals surface area contributed by atoms with Gasteiger partial charge >= 0.3 is 0 Å². The zero-order valence-electron chi connectivity index (χ0n) is 16.4. The number of amides is 1. The smallest absolute Gasteiger partial charge is 0.254 e. The molecule has 1 aromatic carbocycles. The SMILES string of the molecule is CC1Cc2cc(C(=O)N3CCCC3CC(C)(C)C)ccc2N1S(C)(=O)=O. The third-order valence-corrected chi connectivity index (χ3v) is 6.59. The van der Waals surface area contributed by atoms with Crippen molar-refractivity contribution in [2.24, 2.45) is 5.41 Å². The highest BCUT2D eigenvalue weighted by atomic mass is 32.2. The molecule has 0 N–H and O–H groups in total. The summed E-state index contributed by atoms with van der Waals surface area (Å²) in [6.07, 6.45) is 5.00. The molecular formula is C20H30N2O3S. The first-order valence-corrected chi connectivity index (χ1v) is 11.3. The van der Waals surface area contributed by atoms with Crippen LogP contribution in [0.5, 0.6) is 0 Å². The van der Waals surface area contributed by atoms with Gasteiger partial charge in [-0.2, -0.15) is 0 Å². The van der Waals surface area contributed by atoms with Gasteiger partial charge in [-0.05, 0) is 61.8 Å². The zero-order valence-corrected chi connectivity index (χ0v) is 17.3. The molecule has 1 amide bonds. The minimum absolute atomic E-state index is 0.0741. The Morgan fingerprint density at radius 3 is 2.58 bits per heavy atom. The highest BCUT2D eigenvalue weighted by Crippen LogP contribution is 2.36. The van der Waals surface area contributed by atoms with Crippen LogP contribution in [-0.2, 0) is 16.4 Å². The van der Waals surface area contributed by atoms with E-state index in [2.05, 4.69) is 20.8 Å². The molecule has 0 bridgehead atoms. The Bertz CT molecular complexity index is 811. The Morgan fingerprint density at radius 1 is 1.27 bits per heavy atom. The summed E-state index contributed by atoms with van der Waals surface area (Å²) in [7, 11) is -3.31. The number of anilines is 1. The lowest BCUT2D eigenvalue weighted by molar-refractivity contribution is 0.0704. The fourth-order valence-electron chi connectivity index (χ4n) is 4.43. The minimum Gasteiger partial charge on any atom is -0.336 e. The van der Waals surface area contributed by atoms with Crippen LogP contribution in [0.3, 0.4) is 0 Å². The molecule has 2 unspecified atom stereocenters. The van der Waals surface area contributed by atoms with Crippen molar-refractivity contribution in [3.05, 3.63) is 29.3 Å². The minimum atomic E-state index is -3.31. The van der Waals surface area contributed by atoms with E-state index in [1.807, 2.05) is 17.9 Å². The van der Waals surface area contributed by atoms with Gasteiger partial charge in [0.15, 0.2) is 0 Å². The van der Waals surface area contributed by atoms with Crippen molar-refractivity contribution >= 4 is 21.6 Å². The molecule has 5 nitrogen and oxygen atoms in total. The van der Waals surface area contributed by atoms with Gasteiger partial charge in [0, 0.05) is 24.2 Å². The molecule has 2 aliphatic rings. The maximum absolute atomic E-state index is 13.1. The number of hydrogen-bond donors (Lipinski definition) is 0. The number of benzene rings is 1. The lowest BCUT2D eigenvalue weighted by Gasteiger charge is -2.30. The second kappa shape index (κ2) is 6.55. The molecule has 2 atom stereocenters. The summed E-state index contributed by atoms with van der Waals surface area (Å²) in [5.41, 5.74) is 2.52. The first-order chi connectivity index (χ1) is 12.0. The quantitative estimate of drug-likeness (QED) is 0.810. The largest absolute Gasteiger partial charge is 0.336 e. The van der Waals surface area contributed by atoms with E-state index in [4.69, 9.17) is 0 Å². The molecule has 2 heterocycles. The third-order valence-electron chi connectivity index (χ3n) is 5.32. The van der Waals surface area contributed by atoms with Crippen LogP contribution >= 0.6 is 0 Å². The Labute approximate surface area is 157 Å². The number of nitrogens with zero attached hydrogens (tertiary/aromatic N) is 2. The summed E-state index contributed by atoms with van der Waals surface area (Å²) < 4.78 is 25.6. The number of carbonyl (C=O) groups excluding carboxylic acids is 1. The first-order valence-electron chi connectivity index (χ1n) is 9.41. The number of fused-ring (bicyclic) bond motifs is 1. The number of sulfonamides is 1. The highest BCUT2D eigenvalue weighted by molar-refractivity contribution is 7.92. The Balaban J connectivity index is 1.85. The van der Waals surface area contributed by atoms with Crippen molar-refractivity contribution in [1.29, 1.82) is 0 Å². The average Bonchev–Trinajstić information content (AvgIpc) is 3.06. The van der Waals surface area contributed by atoms with Crippen LogP contribution in [0, 0.1) is 5.41 Å². The molecule has 0 saturated carbocycles. The molecule has 144 valence electrons. The van der Waals surface area contributed by atoms with Crippen LogP contribution in [0.4, 0.5) is 5.69 Å². The monoisotopic (exact) mass is 378 g/mol. The van der Waals surface area contributed by atoms with Crippen molar-refractivity contribution in [3.63, 3.8) is 0 Å². The number of likely N-dealkylation sites (tertiary alicyclic amines) is 1. The Morgan fingerprint density at radius 2 is 1.96 bits per heavy atom. The number of hydrogen-bond acceptors (Lipinski definition) is 3. The number of carbonyl (C=O) groups is 1. The van der Waals surface area contributed by atoms with E-state index < -0.39 is 10.0 Å². The molecule has 0 radical (unpaired) electrons. The fraction of sp³-hybridized carbons (Fsp3) is 0.650. The van der Waals surface area contributed by atoms with Crippen molar-refractivity contribution in [2.75, 3.05) is 17.1 Å². The van der Waals surface area contributed by atoms with Gasteiger partial charge in [0.1, 0.15) is 0 Å². The van der Waals surface area contributed by atoms with Gasteiger partial charge in [-0.15, -0.1) is 0 Å². The van der Waals surface area contributed by atoms with Crippen LogP contribution in [-0.4, -0.2) is 44.1 Å². The topological polar surface area (TPSA) is 57.7 Å². The van der Waals surface area contributed by atoms with Crippen molar-refractivity contribution in [3.8, 4) is 0 Å². The molecule has 3 rings (SSSR count). The Kier molecular flexibility index (Phi) is 4.84. The predicted molar refractivity (Wildman–Crippen MR) is 105 cm³/mol. The molecule has 0 spiro atoms. The summed E-state index contributed by atoms with van der Waals surface area (Å²) >= 11 is 0. The molecule has 0 aromatic heterocycles. The average molecular weight is 379 g/mol. The second-order valence-electron chi connectivity index (χ2n) is 9.01. The molecule has 26 heavy (non-hydrogen) atoms. The molecule has 1 fully saturated rings. The van der Waals surface area contributed by atoms with Crippen LogP contribution in [0.1, 0.15) is 62.9 Å². The van der Waals surface area contributed by atoms with Crippen molar-refractivity contribution in [1.82, 2.24) is 4.90 Å². The van der Waals surface area contributed by atoms with E-state index in [9.17, 15) is 13.2 Å². The second-order valence-corrected chi connectivity index (χ2v) is 10.9. The fourth-order valence-corrected chi connectivity index (χ4v) is 5.69. The van der Waals surface area contributed by atoms with Gasteiger partial charge < -0.3 is 4.90 Å². The van der Waals surface area contributed by atoms with E-state index in [1.165, 1.54) is 10.6 Å². The summed E-state index contributed by atoms with van der Waals surface area (Å²) in [5, 5.41) is 0. The predicted octanol–water partition coefficient (Wildman–Crippen LogP) is 3.44. The van der Waals surface area contributed by atoms with Gasteiger partial charge in [-0.25, -0.2) is 8.42 Å². The summed E-state index contributed by atoms with van der Waals surface area (Å²) in [4.78, 5) is 15.1. The van der Waals surface area contributed by atoms with E-state index in [0.29, 0.717) is 23.7 Å². The lowest BCUT2D eigenvalue weighted by Crippen LogP contribution is -2.37. The first kappa shape index (κ1) is 19.2. The standard InChI is InChI=1S/C20H30N2O3S/c1-14-11-16-12-15(8-9-18(16)22(14)26(5,24)25)19(23)21-10-6-7-17(21)13-20(2,3)4/h8-9,12,14,17H,6-7,10-11,13H2,1-5H3. The summed E-state index contributed by atoms with van der Waals surface area (Å²) in [6, 6.07) is 5.66. The molecule has 1 saturated heterocycles. The van der Waals surface area contributed by atoms with Crippen LogP contribution in [0.2, 0.25) is 0 Å². The van der Waals surface area contributed by atoms with Gasteiger partial charge in [-0.3, -0.25) is 9.10 Å². The molecule has 0 aliphatic carbocycles. The van der Waals surface area contributed by atoms with Gasteiger partial charge in [0.2, 0.25) is 10.0 Å². The maximum Gasteiger partial charge on any atom is 0.254 e. The third kappa shape index (κ3) is 3.75. The Hall–Kier alpha value is -1.56. The van der Waals surface area contributed by atoms with Gasteiger partial charge in [0.25, 0.3) is 5.91 Å². The number of rotatable bonds is 3. The summed E-state index contributed by atoms with van der Waals surface area (Å²) in [6.45, 7) is 9.35. The normalized spacial score (nSPS) is 23.4. The van der Waals surface area contributed by atoms with Crippen molar-refractivity contribution in [2.45, 2.75) is 65.5 Å². The maximum atomic E-state index is 13.1. The van der Waals surface area contributed by atoms with Crippen molar-refractivity contribution < 1.29 is 13.2 Å². The molecule has 6 heteroatoms. The van der Waals surface area contributed by atoms with Crippen LogP contribution in [0.25, 0.3) is 0 Å². The van der Waals surface area contributed by atoms with E-state index in [1.54, 1.807) is 12.1 Å². The molecule has 1 aromatic rings. The van der Waals surface area contributed by atoms with Gasteiger partial charge in [-0.1, -0.05) is 20.8 Å². The zero-order chi connectivity index (χ0) is 19.3. The highest BCUT2D eigenvalue weighted by Gasteiger charge is 2.35. The van der Waals surface area contributed by atoms with E-state index in [-0.39, 0.29) is 17.4 Å². The molecule has 2 aliphatic heterocycles. The molecular weight excluding hydrogens is 348 g/mol. The lowest BCUT2D eigenvalue weighted by atomic mass is 9.87. The van der Waals surface area contributed by atoms with Gasteiger partial charge in [0.05, 0.1) is 11.9 Å². The summed E-state index contributed by atoms with van der Waals surface area (Å²) in [5.74, 6) is 0.0741. The van der Waals surface area contributed by atoms with E-state index in [0.717, 1.165) is 31.4 Å². The van der Waals surface area contributed by atoms with Crippen LogP contribution < -0.4 is 4.31 Å².